The van der Waals surface area contributed by atoms with Crippen LogP contribution in [0.15, 0.2) is 0 Å². The molecule has 9 heavy (non-hydrogen) atoms. The summed E-state index contributed by atoms with van der Waals surface area (Å²) < 4.78 is 4.83. The zero-order valence-electron chi connectivity index (χ0n) is 6.09. The molecule has 0 spiro atoms. The summed E-state index contributed by atoms with van der Waals surface area (Å²) in [6.07, 6.45) is 0. The van der Waals surface area contributed by atoms with Crippen molar-refractivity contribution in [1.29, 1.82) is 0 Å². The van der Waals surface area contributed by atoms with Crippen LogP contribution in [0.4, 0.5) is 0 Å². The predicted molar refractivity (Wildman–Crippen MR) is 35.1 cm³/mol. The van der Waals surface area contributed by atoms with Gasteiger partial charge in [-0.1, -0.05) is 0 Å². The van der Waals surface area contributed by atoms with E-state index in [0.717, 1.165) is 20.3 Å². The third kappa shape index (κ3) is 114. The second kappa shape index (κ2) is 10.4. The molecule has 0 aromatic rings. The minimum atomic E-state index is -0.500. The molecule has 4 nitrogen and oxygen atoms in total. The van der Waals surface area contributed by atoms with E-state index in [4.69, 9.17) is 14.9 Å². The van der Waals surface area contributed by atoms with Crippen LogP contribution in [0.25, 0.3) is 0 Å². The molecule has 0 aromatic heterocycles. The van der Waals surface area contributed by atoms with Gasteiger partial charge < -0.3 is 4.74 Å². The van der Waals surface area contributed by atoms with E-state index in [-0.39, 0.29) is 0 Å². The highest BCUT2D eigenvalue weighted by Crippen LogP contribution is 1.64. The topological polar surface area (TPSA) is 52.4 Å². The summed E-state index contributed by atoms with van der Waals surface area (Å²) in [5.74, 6) is 0. The molecule has 0 heterocycles. The second-order valence-electron chi connectivity index (χ2n) is 1.22. The first-order valence-corrected chi connectivity index (χ1v) is 2.80. The molecule has 0 saturated carbocycles. The van der Waals surface area contributed by atoms with Gasteiger partial charge in [-0.2, -0.15) is 0 Å². The molecule has 0 aliphatic rings. The Bertz CT molecular complexity index is 59.2. The maximum atomic E-state index is 8.81. The van der Waals surface area contributed by atoms with E-state index < -0.39 is 4.92 Å². The molecule has 56 valence electrons. The molecule has 0 aliphatic carbocycles. The van der Waals surface area contributed by atoms with Crippen molar-refractivity contribution in [3.05, 3.63) is 10.1 Å². The van der Waals surface area contributed by atoms with Gasteiger partial charge in [-0.15, -0.1) is 0 Å². The lowest BCUT2D eigenvalue weighted by Crippen LogP contribution is -1.84. The molecule has 0 saturated heterocycles. The van der Waals surface area contributed by atoms with Crippen LogP contribution in [0, 0.1) is 10.1 Å². The first-order chi connectivity index (χ1) is 4.15. The quantitative estimate of drug-likeness (QED) is 0.418. The minimum Gasteiger partial charge on any atom is -0.382 e. The molecule has 0 N–H and O–H groups in total. The van der Waals surface area contributed by atoms with Gasteiger partial charge in [-0.3, -0.25) is 10.1 Å². The normalized spacial score (nSPS) is 7.44. The van der Waals surface area contributed by atoms with Gasteiger partial charge in [0.2, 0.25) is 0 Å². The molecule has 0 bridgehead atoms. The average molecular weight is 135 g/mol. The number of rotatable bonds is 2. The van der Waals surface area contributed by atoms with Crippen LogP contribution in [0.1, 0.15) is 13.8 Å². The van der Waals surface area contributed by atoms with Crippen LogP contribution in [-0.2, 0) is 4.74 Å². The zero-order chi connectivity index (χ0) is 7.70. The lowest BCUT2D eigenvalue weighted by molar-refractivity contribution is -0.445. The molecule has 0 aromatic carbocycles. The van der Waals surface area contributed by atoms with E-state index in [1.54, 1.807) is 0 Å². The fraction of sp³-hybridized carbons (Fsp3) is 1.00. The number of ether oxygens (including phenoxy) is 1. The van der Waals surface area contributed by atoms with Gasteiger partial charge in [0.25, 0.3) is 0 Å². The molecule has 0 unspecified atom stereocenters. The molecule has 0 fully saturated rings. The fourth-order valence-corrected chi connectivity index (χ4v) is 0.204. The van der Waals surface area contributed by atoms with Crippen molar-refractivity contribution in [2.75, 3.05) is 20.3 Å². The molecule has 0 rings (SSSR count). The van der Waals surface area contributed by atoms with Crippen molar-refractivity contribution < 1.29 is 9.66 Å². The molecular formula is C5H13NO3. The van der Waals surface area contributed by atoms with Crippen LogP contribution in [0.5, 0.6) is 0 Å². The largest absolute Gasteiger partial charge is 0.382 e. The zero-order valence-corrected chi connectivity index (χ0v) is 6.09. The van der Waals surface area contributed by atoms with Crippen LogP contribution in [0.2, 0.25) is 0 Å². The SMILES string of the molecule is CCOCC.C[N+](=O)[O-]. The number of nitro groups is 1. The first kappa shape index (κ1) is 11.2. The van der Waals surface area contributed by atoms with Crippen molar-refractivity contribution in [3.63, 3.8) is 0 Å². The van der Waals surface area contributed by atoms with Crippen molar-refractivity contribution >= 4 is 0 Å². The highest BCUT2D eigenvalue weighted by atomic mass is 16.6. The van der Waals surface area contributed by atoms with Crippen molar-refractivity contribution in [2.45, 2.75) is 13.8 Å². The molecular weight excluding hydrogens is 122 g/mol. The van der Waals surface area contributed by atoms with Gasteiger partial charge in [0.1, 0.15) is 0 Å². The summed E-state index contributed by atoms with van der Waals surface area (Å²) in [6.45, 7) is 5.67. The van der Waals surface area contributed by atoms with Crippen LogP contribution < -0.4 is 0 Å². The average Bonchev–Trinajstić information content (AvgIpc) is 1.66. The maximum Gasteiger partial charge on any atom is 0.194 e. The molecule has 0 aliphatic heterocycles. The standard InChI is InChI=1S/C4H10O.CH3NO2/c1-3-5-4-2;1-2(3)4/h3-4H2,1-2H3;1H3. The third-order valence-corrected chi connectivity index (χ3v) is 0.408. The smallest absolute Gasteiger partial charge is 0.194 e. The third-order valence-electron chi connectivity index (χ3n) is 0.408. The van der Waals surface area contributed by atoms with E-state index in [2.05, 4.69) is 0 Å². The van der Waals surface area contributed by atoms with E-state index in [1.165, 1.54) is 0 Å². The Labute approximate surface area is 55.0 Å². The highest BCUT2D eigenvalue weighted by molar-refractivity contribution is 4.07. The van der Waals surface area contributed by atoms with Crippen LogP contribution >= 0.6 is 0 Å². The minimum absolute atomic E-state index is 0.500. The highest BCUT2D eigenvalue weighted by Gasteiger charge is 1.64. The van der Waals surface area contributed by atoms with E-state index in [1.807, 2.05) is 13.8 Å². The predicted octanol–water partition coefficient (Wildman–Crippen LogP) is 0.936. The Balaban J connectivity index is 0. The molecule has 4 heteroatoms. The van der Waals surface area contributed by atoms with E-state index >= 15 is 0 Å². The van der Waals surface area contributed by atoms with E-state index in [0.29, 0.717) is 0 Å². The molecule has 0 atom stereocenters. The van der Waals surface area contributed by atoms with E-state index in [9.17, 15) is 0 Å². The maximum absolute atomic E-state index is 8.81. The Hall–Kier alpha value is -0.640. The molecule has 0 radical (unpaired) electrons. The first-order valence-electron chi connectivity index (χ1n) is 2.80. The summed E-state index contributed by atoms with van der Waals surface area (Å²) in [4.78, 5) is 8.31. The number of hydrogen-bond acceptors (Lipinski definition) is 3. The van der Waals surface area contributed by atoms with Gasteiger partial charge >= 0.3 is 0 Å². The summed E-state index contributed by atoms with van der Waals surface area (Å²) in [5, 5.41) is 8.81. The van der Waals surface area contributed by atoms with Gasteiger partial charge in [0, 0.05) is 18.1 Å². The van der Waals surface area contributed by atoms with Crippen LogP contribution in [0.3, 0.4) is 0 Å². The Morgan fingerprint density at radius 1 is 1.44 bits per heavy atom. The van der Waals surface area contributed by atoms with Crippen molar-refractivity contribution in [2.24, 2.45) is 0 Å². The fourth-order valence-electron chi connectivity index (χ4n) is 0.204. The van der Waals surface area contributed by atoms with Crippen LogP contribution in [-0.4, -0.2) is 25.2 Å². The van der Waals surface area contributed by atoms with Crippen molar-refractivity contribution in [3.8, 4) is 0 Å². The second-order valence-corrected chi connectivity index (χ2v) is 1.22. The Morgan fingerprint density at radius 2 is 1.67 bits per heavy atom. The summed E-state index contributed by atoms with van der Waals surface area (Å²) in [6, 6.07) is 0. The summed E-state index contributed by atoms with van der Waals surface area (Å²) in [7, 11) is 0.889. The van der Waals surface area contributed by atoms with Gasteiger partial charge in [-0.05, 0) is 13.8 Å². The lowest BCUT2D eigenvalue weighted by Gasteiger charge is -1.86. The summed E-state index contributed by atoms with van der Waals surface area (Å²) in [5.41, 5.74) is 0. The van der Waals surface area contributed by atoms with Gasteiger partial charge in [0.15, 0.2) is 7.05 Å². The monoisotopic (exact) mass is 135 g/mol. The Kier molecular flexibility index (Phi) is 12.9. The van der Waals surface area contributed by atoms with Gasteiger partial charge in [0.05, 0.1) is 0 Å². The molecule has 0 amide bonds. The number of nitrogens with zero attached hydrogens (tertiary/aromatic N) is 1. The lowest BCUT2D eigenvalue weighted by atomic mass is 10.8. The summed E-state index contributed by atoms with van der Waals surface area (Å²) >= 11 is 0. The Morgan fingerprint density at radius 3 is 1.67 bits per heavy atom. The van der Waals surface area contributed by atoms with Gasteiger partial charge in [-0.25, -0.2) is 0 Å². The number of hydrogen-bond donors (Lipinski definition) is 0. The van der Waals surface area contributed by atoms with Crippen molar-refractivity contribution in [1.82, 2.24) is 0 Å².